The average Bonchev–Trinajstić information content (AvgIpc) is 2.78. The van der Waals surface area contributed by atoms with E-state index in [1.165, 1.54) is 16.4 Å². The second kappa shape index (κ2) is 11.2. The zero-order valence-corrected chi connectivity index (χ0v) is 21.0. The van der Waals surface area contributed by atoms with Gasteiger partial charge in [0.25, 0.3) is 5.91 Å². The standard InChI is InChI=1S/C25H32FN3O5S/c1-25(2,3)34-24(31)28-19-12-15-29(16-13-19)35(32,33)20-9-10-21(22(26)17-20)23(30)27-14-11-18-7-5-4-6-8-18/h4-10,17,19H,11-16H2,1-3H3,(H,27,30)(H,28,31). The zero-order valence-electron chi connectivity index (χ0n) is 20.2. The van der Waals surface area contributed by atoms with E-state index in [0.717, 1.165) is 11.6 Å². The molecule has 35 heavy (non-hydrogen) atoms. The molecule has 0 atom stereocenters. The molecule has 3 rings (SSSR count). The summed E-state index contributed by atoms with van der Waals surface area (Å²) in [4.78, 5) is 24.1. The molecular formula is C25H32FN3O5S. The molecule has 2 aromatic carbocycles. The first kappa shape index (κ1) is 26.6. The Morgan fingerprint density at radius 2 is 1.74 bits per heavy atom. The highest BCUT2D eigenvalue weighted by atomic mass is 32.2. The number of nitrogens with zero attached hydrogens (tertiary/aromatic N) is 1. The van der Waals surface area contributed by atoms with Crippen LogP contribution in [0.1, 0.15) is 49.5 Å². The lowest BCUT2D eigenvalue weighted by molar-refractivity contribution is 0.0489. The third kappa shape index (κ3) is 7.50. The summed E-state index contributed by atoms with van der Waals surface area (Å²) in [6.45, 7) is 5.97. The SMILES string of the molecule is CC(C)(C)OC(=O)NC1CCN(S(=O)(=O)c2ccc(C(=O)NCCc3ccccc3)c(F)c2)CC1. The van der Waals surface area contributed by atoms with Gasteiger partial charge in [-0.2, -0.15) is 4.31 Å². The smallest absolute Gasteiger partial charge is 0.407 e. The van der Waals surface area contributed by atoms with E-state index >= 15 is 0 Å². The maximum Gasteiger partial charge on any atom is 0.407 e. The van der Waals surface area contributed by atoms with Crippen LogP contribution < -0.4 is 10.6 Å². The van der Waals surface area contributed by atoms with Gasteiger partial charge in [0.05, 0.1) is 10.5 Å². The highest BCUT2D eigenvalue weighted by Gasteiger charge is 2.31. The summed E-state index contributed by atoms with van der Waals surface area (Å²) in [6.07, 6.45) is 0.865. The van der Waals surface area contributed by atoms with Gasteiger partial charge in [0, 0.05) is 25.7 Å². The van der Waals surface area contributed by atoms with Gasteiger partial charge in [-0.15, -0.1) is 0 Å². The fraction of sp³-hybridized carbons (Fsp3) is 0.440. The quantitative estimate of drug-likeness (QED) is 0.600. The minimum absolute atomic E-state index is 0.173. The molecule has 2 aromatic rings. The molecule has 0 aromatic heterocycles. The van der Waals surface area contributed by atoms with Gasteiger partial charge in [-0.25, -0.2) is 17.6 Å². The fourth-order valence-corrected chi connectivity index (χ4v) is 5.25. The molecule has 1 saturated heterocycles. The van der Waals surface area contributed by atoms with E-state index in [2.05, 4.69) is 10.6 Å². The van der Waals surface area contributed by atoms with Crippen molar-refractivity contribution in [2.24, 2.45) is 0 Å². The number of rotatable bonds is 7. The zero-order chi connectivity index (χ0) is 25.6. The van der Waals surface area contributed by atoms with Crippen LogP contribution in [0.2, 0.25) is 0 Å². The molecule has 190 valence electrons. The predicted molar refractivity (Wildman–Crippen MR) is 130 cm³/mol. The lowest BCUT2D eigenvalue weighted by Crippen LogP contribution is -2.47. The van der Waals surface area contributed by atoms with Crippen molar-refractivity contribution in [3.63, 3.8) is 0 Å². The van der Waals surface area contributed by atoms with Crippen LogP contribution in [0.15, 0.2) is 53.4 Å². The Hall–Kier alpha value is -2.98. The topological polar surface area (TPSA) is 105 Å². The van der Waals surface area contributed by atoms with Gasteiger partial charge in [-0.1, -0.05) is 30.3 Å². The number of carbonyl (C=O) groups is 2. The van der Waals surface area contributed by atoms with Crippen LogP contribution in [0.5, 0.6) is 0 Å². The van der Waals surface area contributed by atoms with E-state index in [4.69, 9.17) is 4.74 Å². The van der Waals surface area contributed by atoms with Crippen molar-refractivity contribution in [1.29, 1.82) is 0 Å². The highest BCUT2D eigenvalue weighted by Crippen LogP contribution is 2.23. The Morgan fingerprint density at radius 1 is 1.09 bits per heavy atom. The number of halogens is 1. The number of ether oxygens (including phenoxy) is 1. The van der Waals surface area contributed by atoms with Crippen LogP contribution in [0, 0.1) is 5.82 Å². The van der Waals surface area contributed by atoms with Gasteiger partial charge in [0.2, 0.25) is 10.0 Å². The number of hydrogen-bond acceptors (Lipinski definition) is 5. The van der Waals surface area contributed by atoms with Gasteiger partial charge >= 0.3 is 6.09 Å². The highest BCUT2D eigenvalue weighted by molar-refractivity contribution is 7.89. The van der Waals surface area contributed by atoms with Gasteiger partial charge in [0.15, 0.2) is 0 Å². The molecule has 2 amide bonds. The largest absolute Gasteiger partial charge is 0.444 e. The number of sulfonamides is 1. The summed E-state index contributed by atoms with van der Waals surface area (Å²) in [5, 5.41) is 5.42. The van der Waals surface area contributed by atoms with E-state index < -0.39 is 33.4 Å². The fourth-order valence-electron chi connectivity index (χ4n) is 3.76. The Kier molecular flexibility index (Phi) is 8.50. The Balaban J connectivity index is 1.56. The van der Waals surface area contributed by atoms with Gasteiger partial charge in [-0.05, 0) is 63.8 Å². The van der Waals surface area contributed by atoms with Crippen LogP contribution in [0.25, 0.3) is 0 Å². The summed E-state index contributed by atoms with van der Waals surface area (Å²) < 4.78 is 47.2. The maximum absolute atomic E-state index is 14.7. The number of piperidine rings is 1. The normalized spacial score (nSPS) is 15.4. The van der Waals surface area contributed by atoms with Gasteiger partial charge in [0.1, 0.15) is 11.4 Å². The van der Waals surface area contributed by atoms with Gasteiger partial charge < -0.3 is 15.4 Å². The third-order valence-corrected chi connectivity index (χ3v) is 7.43. The minimum atomic E-state index is -3.94. The molecule has 1 aliphatic rings. The van der Waals surface area contributed by atoms with Crippen molar-refractivity contribution < 1.29 is 27.1 Å². The minimum Gasteiger partial charge on any atom is -0.444 e. The first-order valence-electron chi connectivity index (χ1n) is 11.6. The summed E-state index contributed by atoms with van der Waals surface area (Å²) in [7, 11) is -3.94. The van der Waals surface area contributed by atoms with E-state index in [9.17, 15) is 22.4 Å². The molecule has 0 unspecified atom stereocenters. The first-order valence-corrected chi connectivity index (χ1v) is 13.0. The number of carbonyl (C=O) groups excluding carboxylic acids is 2. The second-order valence-corrected chi connectivity index (χ2v) is 11.4. The molecule has 1 heterocycles. The molecule has 0 spiro atoms. The molecule has 0 aliphatic carbocycles. The molecule has 10 heteroatoms. The molecule has 0 bridgehead atoms. The summed E-state index contributed by atoms with van der Waals surface area (Å²) in [5.74, 6) is -1.50. The first-order chi connectivity index (χ1) is 16.5. The number of amides is 2. The van der Waals surface area contributed by atoms with Crippen molar-refractivity contribution >= 4 is 22.0 Å². The Morgan fingerprint density at radius 3 is 2.34 bits per heavy atom. The van der Waals surface area contributed by atoms with Crippen LogP contribution in [-0.2, 0) is 21.2 Å². The van der Waals surface area contributed by atoms with Crippen molar-refractivity contribution in [1.82, 2.24) is 14.9 Å². The maximum atomic E-state index is 14.7. The molecule has 0 radical (unpaired) electrons. The van der Waals surface area contributed by atoms with Crippen molar-refractivity contribution in [3.8, 4) is 0 Å². The summed E-state index contributed by atoms with van der Waals surface area (Å²) >= 11 is 0. The lowest BCUT2D eigenvalue weighted by atomic mass is 10.1. The predicted octanol–water partition coefficient (Wildman–Crippen LogP) is 3.48. The molecule has 8 nitrogen and oxygen atoms in total. The Labute approximate surface area is 205 Å². The van der Waals surface area contributed by atoms with Crippen LogP contribution in [0.4, 0.5) is 9.18 Å². The van der Waals surface area contributed by atoms with Crippen LogP contribution >= 0.6 is 0 Å². The summed E-state index contributed by atoms with van der Waals surface area (Å²) in [6, 6.07) is 12.7. The number of nitrogens with one attached hydrogen (secondary N) is 2. The molecule has 2 N–H and O–H groups in total. The van der Waals surface area contributed by atoms with E-state index in [0.29, 0.717) is 25.8 Å². The number of benzene rings is 2. The Bertz CT molecular complexity index is 1140. The molecule has 1 aliphatic heterocycles. The van der Waals surface area contributed by atoms with Gasteiger partial charge in [-0.3, -0.25) is 4.79 Å². The van der Waals surface area contributed by atoms with Crippen molar-refractivity contribution in [3.05, 3.63) is 65.5 Å². The molecule has 1 fully saturated rings. The summed E-state index contributed by atoms with van der Waals surface area (Å²) in [5.41, 5.74) is 0.209. The average molecular weight is 506 g/mol. The third-order valence-electron chi connectivity index (χ3n) is 5.54. The van der Waals surface area contributed by atoms with Crippen LogP contribution in [-0.4, -0.2) is 56.0 Å². The van der Waals surface area contributed by atoms with E-state index in [-0.39, 0.29) is 29.6 Å². The monoisotopic (exact) mass is 505 g/mol. The molecule has 0 saturated carbocycles. The lowest BCUT2D eigenvalue weighted by Gasteiger charge is -2.32. The van der Waals surface area contributed by atoms with E-state index in [1.54, 1.807) is 20.8 Å². The van der Waals surface area contributed by atoms with E-state index in [1.807, 2.05) is 30.3 Å². The second-order valence-electron chi connectivity index (χ2n) is 9.46. The number of hydrogen-bond donors (Lipinski definition) is 2. The van der Waals surface area contributed by atoms with Crippen LogP contribution in [0.3, 0.4) is 0 Å². The van der Waals surface area contributed by atoms with Crippen molar-refractivity contribution in [2.75, 3.05) is 19.6 Å². The number of alkyl carbamates (subject to hydrolysis) is 1. The van der Waals surface area contributed by atoms with Crippen molar-refractivity contribution in [2.45, 2.75) is 56.6 Å². The molecular weight excluding hydrogens is 473 g/mol.